The Labute approximate surface area is 321 Å². The number of fused-ring (bicyclic) bond motifs is 13. The minimum absolute atomic E-state index is 0.649. The summed E-state index contributed by atoms with van der Waals surface area (Å²) in [5.74, 6) is 1.57. The fraction of sp³-hybridized carbons (Fsp3) is 0. The van der Waals surface area contributed by atoms with Gasteiger partial charge in [0.1, 0.15) is 5.82 Å². The van der Waals surface area contributed by atoms with Gasteiger partial charge in [0.15, 0.2) is 0 Å². The molecule has 0 unspecified atom stereocenters. The van der Waals surface area contributed by atoms with Gasteiger partial charge >= 0.3 is 0 Å². The molecule has 9 aromatic carbocycles. The molecule has 0 fully saturated rings. The van der Waals surface area contributed by atoms with Gasteiger partial charge in [-0.05, 0) is 51.9 Å². The molecule has 5 heteroatoms. The quantitative estimate of drug-likeness (QED) is 0.171. The van der Waals surface area contributed by atoms with Gasteiger partial charge in [0.25, 0.3) is 0 Å². The Hall–Kier alpha value is -7.63. The summed E-state index contributed by atoms with van der Waals surface area (Å²) in [6.45, 7) is 0. The molecule has 12 aromatic rings. The summed E-state index contributed by atoms with van der Waals surface area (Å²) < 4.78 is 4.64. The third-order valence-corrected chi connectivity index (χ3v) is 11.3. The van der Waals surface area contributed by atoms with Gasteiger partial charge in [0.05, 0.1) is 33.3 Å². The normalized spacial score (nSPS) is 11.9. The van der Waals surface area contributed by atoms with Gasteiger partial charge < -0.3 is 0 Å². The summed E-state index contributed by atoms with van der Waals surface area (Å²) >= 11 is 0. The van der Waals surface area contributed by atoms with Gasteiger partial charge in [-0.15, -0.1) is 0 Å². The van der Waals surface area contributed by atoms with Crippen molar-refractivity contribution in [2.45, 2.75) is 0 Å². The molecular weight excluding hydrogens is 683 g/mol. The lowest BCUT2D eigenvalue weighted by Gasteiger charge is -2.16. The summed E-state index contributed by atoms with van der Waals surface area (Å²) in [5, 5.41) is 10.4. The van der Waals surface area contributed by atoms with Crippen LogP contribution in [0.25, 0.3) is 110 Å². The first-order valence-electron chi connectivity index (χ1n) is 19.0. The van der Waals surface area contributed by atoms with E-state index in [1.807, 2.05) is 6.07 Å². The van der Waals surface area contributed by atoms with Gasteiger partial charge in [0.2, 0.25) is 5.95 Å². The minimum atomic E-state index is 0.649. The molecule has 0 aliphatic rings. The lowest BCUT2D eigenvalue weighted by atomic mass is 9.92. The zero-order valence-electron chi connectivity index (χ0n) is 30.1. The number of hydrogen-bond donors (Lipinski definition) is 0. The van der Waals surface area contributed by atoms with Gasteiger partial charge in [-0.2, -0.15) is 0 Å². The maximum absolute atomic E-state index is 5.42. The topological polar surface area (TPSA) is 48.5 Å². The van der Waals surface area contributed by atoms with E-state index in [2.05, 4.69) is 191 Å². The summed E-state index contributed by atoms with van der Waals surface area (Å²) in [6, 6.07) is 66.4. The van der Waals surface area contributed by atoms with Crippen LogP contribution in [0.1, 0.15) is 0 Å². The SMILES string of the molecule is c1ccc(-c2nc(-n3c4ccccc4c4ccc5c6ccc7nc(-c8ccccc8)n(-c8ccccc8)c7c6c6ccccc6c5c43)nc3ccccc23)cc1. The molecule has 0 N–H and O–H groups in total. The monoisotopic (exact) mass is 713 g/mol. The highest BCUT2D eigenvalue weighted by molar-refractivity contribution is 6.36. The second kappa shape index (κ2) is 11.9. The van der Waals surface area contributed by atoms with Crippen LogP contribution in [0.2, 0.25) is 0 Å². The zero-order chi connectivity index (χ0) is 36.7. The first-order valence-corrected chi connectivity index (χ1v) is 19.0. The van der Waals surface area contributed by atoms with E-state index >= 15 is 0 Å². The first kappa shape index (κ1) is 30.8. The fourth-order valence-corrected chi connectivity index (χ4v) is 8.94. The number of rotatable bonds is 4. The third-order valence-electron chi connectivity index (χ3n) is 11.3. The van der Waals surface area contributed by atoms with Crippen molar-refractivity contribution < 1.29 is 0 Å². The second-order valence-electron chi connectivity index (χ2n) is 14.4. The average molecular weight is 714 g/mol. The highest BCUT2D eigenvalue weighted by Gasteiger charge is 2.24. The Balaban J connectivity index is 1.27. The molecule has 3 aromatic heterocycles. The summed E-state index contributed by atoms with van der Waals surface area (Å²) in [6.07, 6.45) is 0. The van der Waals surface area contributed by atoms with Crippen molar-refractivity contribution in [2.24, 2.45) is 0 Å². The molecule has 0 bridgehead atoms. The van der Waals surface area contributed by atoms with Crippen molar-refractivity contribution in [3.8, 4) is 34.3 Å². The van der Waals surface area contributed by atoms with Crippen LogP contribution in [0.3, 0.4) is 0 Å². The number of nitrogens with zero attached hydrogens (tertiary/aromatic N) is 5. The van der Waals surface area contributed by atoms with Crippen LogP contribution in [0.5, 0.6) is 0 Å². The van der Waals surface area contributed by atoms with Gasteiger partial charge in [0, 0.05) is 43.7 Å². The van der Waals surface area contributed by atoms with Gasteiger partial charge in [-0.1, -0.05) is 158 Å². The third kappa shape index (κ3) is 4.39. The Bertz CT molecular complexity index is 3490. The van der Waals surface area contributed by atoms with Crippen molar-refractivity contribution >= 4 is 76.1 Å². The summed E-state index contributed by atoms with van der Waals surface area (Å²) in [7, 11) is 0. The van der Waals surface area contributed by atoms with E-state index < -0.39 is 0 Å². The van der Waals surface area contributed by atoms with Crippen LogP contribution < -0.4 is 0 Å². The highest BCUT2D eigenvalue weighted by atomic mass is 15.2. The Morgan fingerprint density at radius 1 is 0.321 bits per heavy atom. The zero-order valence-corrected chi connectivity index (χ0v) is 30.1. The molecule has 0 saturated heterocycles. The smallest absolute Gasteiger partial charge is 0.235 e. The van der Waals surface area contributed by atoms with Crippen molar-refractivity contribution in [2.75, 3.05) is 0 Å². The molecule has 0 aliphatic carbocycles. The van der Waals surface area contributed by atoms with Crippen molar-refractivity contribution in [1.29, 1.82) is 0 Å². The second-order valence-corrected chi connectivity index (χ2v) is 14.4. The summed E-state index contributed by atoms with van der Waals surface area (Å²) in [4.78, 5) is 16.1. The molecule has 0 saturated carbocycles. The van der Waals surface area contributed by atoms with Gasteiger partial charge in [-0.25, -0.2) is 15.0 Å². The Morgan fingerprint density at radius 3 is 1.59 bits per heavy atom. The standard InChI is InChI=1S/C51H31N5/c1-4-16-32(17-5-1)47-41-25-12-14-26-42(41)53-51(54-47)56-44-27-15-13-22-35(44)40-29-28-38-39-30-31-43-49(46(39)37-24-11-10-23-36(37)45(38)48(40)56)55(34-20-8-3-9-21-34)50(52-43)33-18-6-2-7-19-33/h1-31H. The van der Waals surface area contributed by atoms with Crippen molar-refractivity contribution in [3.63, 3.8) is 0 Å². The fourth-order valence-electron chi connectivity index (χ4n) is 8.94. The number of aromatic nitrogens is 5. The van der Waals surface area contributed by atoms with E-state index in [1.165, 1.54) is 32.3 Å². The predicted molar refractivity (Wildman–Crippen MR) is 232 cm³/mol. The van der Waals surface area contributed by atoms with Crippen LogP contribution >= 0.6 is 0 Å². The summed E-state index contributed by atoms with van der Waals surface area (Å²) in [5.41, 5.74) is 9.24. The number of benzene rings is 9. The van der Waals surface area contributed by atoms with E-state index in [1.54, 1.807) is 0 Å². The average Bonchev–Trinajstić information content (AvgIpc) is 3.83. The van der Waals surface area contributed by atoms with E-state index in [0.29, 0.717) is 5.95 Å². The van der Waals surface area contributed by atoms with Crippen LogP contribution in [-0.4, -0.2) is 24.1 Å². The largest absolute Gasteiger partial charge is 0.292 e. The molecule has 3 heterocycles. The Kier molecular flexibility index (Phi) is 6.56. The molecule has 0 radical (unpaired) electrons. The van der Waals surface area contributed by atoms with Crippen LogP contribution in [0.15, 0.2) is 188 Å². The van der Waals surface area contributed by atoms with Gasteiger partial charge in [-0.3, -0.25) is 9.13 Å². The number of imidazole rings is 1. The molecule has 0 aliphatic heterocycles. The van der Waals surface area contributed by atoms with E-state index in [9.17, 15) is 0 Å². The maximum atomic E-state index is 5.42. The first-order chi connectivity index (χ1) is 27.8. The van der Waals surface area contributed by atoms with Crippen LogP contribution in [-0.2, 0) is 0 Å². The van der Waals surface area contributed by atoms with E-state index in [4.69, 9.17) is 15.0 Å². The minimum Gasteiger partial charge on any atom is -0.292 e. The lowest BCUT2D eigenvalue weighted by Crippen LogP contribution is -2.04. The Morgan fingerprint density at radius 2 is 0.857 bits per heavy atom. The molecule has 5 nitrogen and oxygen atoms in total. The van der Waals surface area contributed by atoms with E-state index in [-0.39, 0.29) is 0 Å². The molecule has 56 heavy (non-hydrogen) atoms. The van der Waals surface area contributed by atoms with Crippen molar-refractivity contribution in [1.82, 2.24) is 24.1 Å². The molecule has 260 valence electrons. The lowest BCUT2D eigenvalue weighted by molar-refractivity contribution is 1.02. The van der Waals surface area contributed by atoms with Crippen LogP contribution in [0, 0.1) is 0 Å². The molecule has 12 rings (SSSR count). The van der Waals surface area contributed by atoms with E-state index in [0.717, 1.165) is 72.1 Å². The molecule has 0 atom stereocenters. The number of hydrogen-bond acceptors (Lipinski definition) is 3. The highest BCUT2D eigenvalue weighted by Crippen LogP contribution is 2.45. The van der Waals surface area contributed by atoms with Crippen molar-refractivity contribution in [3.05, 3.63) is 188 Å². The molecule has 0 spiro atoms. The number of para-hydroxylation sites is 3. The molecule has 0 amide bonds. The molecular formula is C51H31N5. The maximum Gasteiger partial charge on any atom is 0.235 e. The predicted octanol–water partition coefficient (Wildman–Crippen LogP) is 12.9. The van der Waals surface area contributed by atoms with Crippen LogP contribution in [0.4, 0.5) is 0 Å².